The van der Waals surface area contributed by atoms with E-state index in [0.717, 1.165) is 0 Å². The Morgan fingerprint density at radius 3 is 2.00 bits per heavy atom. The summed E-state index contributed by atoms with van der Waals surface area (Å²) in [5.74, 6) is 0.150. The molecule has 0 saturated carbocycles. The second-order valence-corrected chi connectivity index (χ2v) is 6.32. The molecule has 0 aliphatic heterocycles. The minimum Gasteiger partial charge on any atom is -0.308 e. The molecule has 0 atom stereocenters. The molecule has 0 aliphatic carbocycles. The summed E-state index contributed by atoms with van der Waals surface area (Å²) in [5.41, 5.74) is -0.384. The van der Waals surface area contributed by atoms with Crippen LogP contribution in [0.15, 0.2) is 0 Å². The van der Waals surface area contributed by atoms with Crippen LogP contribution in [0.5, 0.6) is 0 Å². The first-order valence-corrected chi connectivity index (χ1v) is 5.94. The first kappa shape index (κ1) is 12.9. The average Bonchev–Trinajstić information content (AvgIpc) is 1.78. The molecule has 80 valence electrons. The van der Waals surface area contributed by atoms with E-state index in [1.54, 1.807) is 0 Å². The van der Waals surface area contributed by atoms with Gasteiger partial charge in [-0.3, -0.25) is 0 Å². The van der Waals surface area contributed by atoms with Crippen LogP contribution in [0.2, 0.25) is 0 Å². The van der Waals surface area contributed by atoms with E-state index in [-0.39, 0.29) is 11.3 Å². The van der Waals surface area contributed by atoms with E-state index >= 15 is 0 Å². The first-order valence-electron chi connectivity index (χ1n) is 4.29. The quantitative estimate of drug-likeness (QED) is 0.721. The van der Waals surface area contributed by atoms with Crippen molar-refractivity contribution in [3.05, 3.63) is 0 Å². The number of hydrogen-bond donors (Lipinski definition) is 1. The van der Waals surface area contributed by atoms with Gasteiger partial charge < -0.3 is 4.90 Å². The van der Waals surface area contributed by atoms with E-state index in [1.807, 2.05) is 39.8 Å². The van der Waals surface area contributed by atoms with E-state index in [1.165, 1.54) is 0 Å². The van der Waals surface area contributed by atoms with Gasteiger partial charge in [0.1, 0.15) is 0 Å². The number of nitrogens with zero attached hydrogens (tertiary/aromatic N) is 1. The molecule has 0 bridgehead atoms. The molecule has 13 heavy (non-hydrogen) atoms. The van der Waals surface area contributed by atoms with Crippen LogP contribution in [0.25, 0.3) is 0 Å². The van der Waals surface area contributed by atoms with Crippen molar-refractivity contribution in [3.63, 3.8) is 0 Å². The molecule has 0 saturated heterocycles. The number of nitrogens with one attached hydrogen (secondary N) is 1. The lowest BCUT2D eigenvalue weighted by molar-refractivity contribution is 0.426. The zero-order chi connectivity index (χ0) is 10.7. The van der Waals surface area contributed by atoms with Crippen LogP contribution in [-0.4, -0.2) is 45.2 Å². The van der Waals surface area contributed by atoms with Gasteiger partial charge in [0, 0.05) is 12.1 Å². The standard InChI is InChI=1S/C8H20N2O2S/c1-8(2,3)9-13(11,12)7-6-10(4)5/h9H,6-7H2,1-5H3. The average molecular weight is 208 g/mol. The molecule has 0 amide bonds. The molecule has 0 spiro atoms. The minimum absolute atomic E-state index is 0.150. The smallest absolute Gasteiger partial charge is 0.213 e. The van der Waals surface area contributed by atoms with Crippen molar-refractivity contribution in [2.24, 2.45) is 0 Å². The Morgan fingerprint density at radius 2 is 1.69 bits per heavy atom. The SMILES string of the molecule is CN(C)CCS(=O)(=O)NC(C)(C)C. The summed E-state index contributed by atoms with van der Waals surface area (Å²) in [6.07, 6.45) is 0. The van der Waals surface area contributed by atoms with Gasteiger partial charge in [-0.15, -0.1) is 0 Å². The highest BCUT2D eigenvalue weighted by Crippen LogP contribution is 2.01. The molecule has 0 fully saturated rings. The van der Waals surface area contributed by atoms with Gasteiger partial charge in [0.25, 0.3) is 0 Å². The van der Waals surface area contributed by atoms with Gasteiger partial charge in [-0.25, -0.2) is 13.1 Å². The van der Waals surface area contributed by atoms with E-state index in [2.05, 4.69) is 4.72 Å². The van der Waals surface area contributed by atoms with Crippen LogP contribution in [0, 0.1) is 0 Å². The third kappa shape index (κ3) is 8.21. The highest BCUT2D eigenvalue weighted by atomic mass is 32.2. The fourth-order valence-corrected chi connectivity index (χ4v) is 2.46. The number of rotatable bonds is 4. The second-order valence-electron chi connectivity index (χ2n) is 4.47. The molecule has 1 N–H and O–H groups in total. The molecular weight excluding hydrogens is 188 g/mol. The fraction of sp³-hybridized carbons (Fsp3) is 1.00. The maximum absolute atomic E-state index is 11.4. The Kier molecular flexibility index (Phi) is 4.35. The largest absolute Gasteiger partial charge is 0.308 e. The van der Waals surface area contributed by atoms with Crippen LogP contribution >= 0.6 is 0 Å². The summed E-state index contributed by atoms with van der Waals surface area (Å²) < 4.78 is 25.4. The summed E-state index contributed by atoms with van der Waals surface area (Å²) >= 11 is 0. The van der Waals surface area contributed by atoms with Crippen LogP contribution in [0.1, 0.15) is 20.8 Å². The predicted molar refractivity (Wildman–Crippen MR) is 55.2 cm³/mol. The molecule has 0 heterocycles. The highest BCUT2D eigenvalue weighted by Gasteiger charge is 2.19. The summed E-state index contributed by atoms with van der Waals surface area (Å²) in [6, 6.07) is 0. The van der Waals surface area contributed by atoms with Gasteiger partial charge in [-0.1, -0.05) is 0 Å². The van der Waals surface area contributed by atoms with E-state index in [0.29, 0.717) is 6.54 Å². The van der Waals surface area contributed by atoms with Crippen molar-refractivity contribution < 1.29 is 8.42 Å². The molecule has 0 aromatic rings. The van der Waals surface area contributed by atoms with Crippen molar-refractivity contribution in [1.29, 1.82) is 0 Å². The van der Waals surface area contributed by atoms with Crippen LogP contribution in [-0.2, 0) is 10.0 Å². The summed E-state index contributed by atoms with van der Waals surface area (Å²) in [5, 5.41) is 0. The number of sulfonamides is 1. The van der Waals surface area contributed by atoms with E-state index < -0.39 is 10.0 Å². The second kappa shape index (κ2) is 4.39. The molecule has 0 radical (unpaired) electrons. The van der Waals surface area contributed by atoms with Crippen LogP contribution in [0.3, 0.4) is 0 Å². The van der Waals surface area contributed by atoms with Gasteiger partial charge in [0.15, 0.2) is 0 Å². The monoisotopic (exact) mass is 208 g/mol. The Labute approximate surface area is 81.4 Å². The van der Waals surface area contributed by atoms with Crippen molar-refractivity contribution in [2.75, 3.05) is 26.4 Å². The van der Waals surface area contributed by atoms with Crippen molar-refractivity contribution in [2.45, 2.75) is 26.3 Å². The summed E-state index contributed by atoms with van der Waals surface area (Å²) in [4.78, 5) is 1.85. The third-order valence-corrected chi connectivity index (χ3v) is 2.91. The number of hydrogen-bond acceptors (Lipinski definition) is 3. The topological polar surface area (TPSA) is 49.4 Å². The van der Waals surface area contributed by atoms with Crippen molar-refractivity contribution in [1.82, 2.24) is 9.62 Å². The maximum atomic E-state index is 11.4. The van der Waals surface area contributed by atoms with Crippen molar-refractivity contribution >= 4 is 10.0 Å². The fourth-order valence-electron chi connectivity index (χ4n) is 0.820. The Morgan fingerprint density at radius 1 is 1.23 bits per heavy atom. The predicted octanol–water partition coefficient (Wildman–Crippen LogP) is 0.266. The lowest BCUT2D eigenvalue weighted by Crippen LogP contribution is -2.43. The Balaban J connectivity index is 4.11. The molecule has 0 aromatic heterocycles. The molecule has 0 unspecified atom stereocenters. The molecule has 0 rings (SSSR count). The van der Waals surface area contributed by atoms with Gasteiger partial charge in [-0.05, 0) is 34.9 Å². The zero-order valence-electron chi connectivity index (χ0n) is 9.09. The van der Waals surface area contributed by atoms with Gasteiger partial charge in [-0.2, -0.15) is 0 Å². The van der Waals surface area contributed by atoms with Crippen LogP contribution < -0.4 is 4.72 Å². The minimum atomic E-state index is -3.13. The molecule has 0 aliphatic rings. The van der Waals surface area contributed by atoms with E-state index in [9.17, 15) is 8.42 Å². The zero-order valence-corrected chi connectivity index (χ0v) is 9.90. The van der Waals surface area contributed by atoms with Gasteiger partial charge >= 0.3 is 0 Å². The van der Waals surface area contributed by atoms with Crippen LogP contribution in [0.4, 0.5) is 0 Å². The Bertz CT molecular complexity index is 239. The van der Waals surface area contributed by atoms with Gasteiger partial charge in [0.05, 0.1) is 5.75 Å². The molecule has 5 heteroatoms. The molecular formula is C8H20N2O2S. The third-order valence-electron chi connectivity index (χ3n) is 1.27. The Hall–Kier alpha value is -0.130. The first-order chi connectivity index (χ1) is 5.62. The summed E-state index contributed by atoms with van der Waals surface area (Å²) in [6.45, 7) is 6.05. The van der Waals surface area contributed by atoms with Crippen molar-refractivity contribution in [3.8, 4) is 0 Å². The normalized spacial score (nSPS) is 13.7. The summed E-state index contributed by atoms with van der Waals surface area (Å²) in [7, 11) is 0.582. The molecule has 4 nitrogen and oxygen atoms in total. The molecule has 0 aromatic carbocycles. The maximum Gasteiger partial charge on any atom is 0.213 e. The van der Waals surface area contributed by atoms with Gasteiger partial charge in [0.2, 0.25) is 10.0 Å². The van der Waals surface area contributed by atoms with E-state index in [4.69, 9.17) is 0 Å². The highest BCUT2D eigenvalue weighted by molar-refractivity contribution is 7.89. The lowest BCUT2D eigenvalue weighted by atomic mass is 10.1. The lowest BCUT2D eigenvalue weighted by Gasteiger charge is -2.21.